The normalized spacial score (nSPS) is 29.3. The number of hydrogen-bond acceptors (Lipinski definition) is 5. The summed E-state index contributed by atoms with van der Waals surface area (Å²) in [5.41, 5.74) is 0.745. The molecule has 4 unspecified atom stereocenters. The summed E-state index contributed by atoms with van der Waals surface area (Å²) in [4.78, 5) is 23.7. The molecule has 3 rings (SSSR count). The molecule has 0 spiro atoms. The van der Waals surface area contributed by atoms with Crippen LogP contribution in [0.2, 0.25) is 0 Å². The van der Waals surface area contributed by atoms with E-state index in [1.807, 2.05) is 12.1 Å². The van der Waals surface area contributed by atoms with Crippen molar-refractivity contribution in [1.82, 2.24) is 0 Å². The molecular formula is C16H18O6. The topological polar surface area (TPSA) is 82.1 Å². The number of aliphatic carboxylic acids is 1. The molecule has 0 radical (unpaired) electrons. The predicted molar refractivity (Wildman–Crippen MR) is 75.3 cm³/mol. The molecule has 4 atom stereocenters. The van der Waals surface area contributed by atoms with Gasteiger partial charge in [-0.2, -0.15) is 0 Å². The third-order valence-electron chi connectivity index (χ3n) is 4.39. The molecule has 0 saturated carbocycles. The lowest BCUT2D eigenvalue weighted by atomic mass is 9.79. The highest BCUT2D eigenvalue weighted by atomic mass is 16.5. The first-order valence-corrected chi connectivity index (χ1v) is 7.28. The molecule has 2 saturated heterocycles. The Morgan fingerprint density at radius 3 is 2.59 bits per heavy atom. The summed E-state index contributed by atoms with van der Waals surface area (Å²) in [6.45, 7) is 0.0586. The van der Waals surface area contributed by atoms with E-state index in [1.54, 1.807) is 19.2 Å². The third-order valence-corrected chi connectivity index (χ3v) is 4.39. The van der Waals surface area contributed by atoms with Gasteiger partial charge in [-0.3, -0.25) is 9.59 Å². The van der Waals surface area contributed by atoms with Gasteiger partial charge in [0.15, 0.2) is 0 Å². The number of carbonyl (C=O) groups excluding carboxylic acids is 1. The molecule has 6 heteroatoms. The van der Waals surface area contributed by atoms with Gasteiger partial charge in [0, 0.05) is 5.56 Å². The number of ether oxygens (including phenoxy) is 3. The number of carbonyl (C=O) groups is 2. The minimum atomic E-state index is -0.994. The summed E-state index contributed by atoms with van der Waals surface area (Å²) < 4.78 is 16.1. The fraction of sp³-hybridized carbons (Fsp3) is 0.500. The van der Waals surface area contributed by atoms with Gasteiger partial charge in [0.2, 0.25) is 0 Å². The highest BCUT2D eigenvalue weighted by molar-refractivity contribution is 5.83. The first kappa shape index (κ1) is 14.8. The SMILES string of the molecule is COc1ccccc1COC(=O)C1C2CCC(O2)C1C(=O)O. The van der Waals surface area contributed by atoms with Crippen LogP contribution in [0.15, 0.2) is 24.3 Å². The fourth-order valence-electron chi connectivity index (χ4n) is 3.36. The Hall–Kier alpha value is -2.08. The number of esters is 1. The van der Waals surface area contributed by atoms with Gasteiger partial charge in [0.05, 0.1) is 31.2 Å². The van der Waals surface area contributed by atoms with Crippen molar-refractivity contribution in [1.29, 1.82) is 0 Å². The van der Waals surface area contributed by atoms with Crippen LogP contribution in [0.25, 0.3) is 0 Å². The molecule has 6 nitrogen and oxygen atoms in total. The molecule has 2 aliphatic heterocycles. The van der Waals surface area contributed by atoms with Crippen molar-refractivity contribution in [2.24, 2.45) is 11.8 Å². The summed E-state index contributed by atoms with van der Waals surface area (Å²) in [7, 11) is 1.55. The molecule has 1 aromatic carbocycles. The minimum Gasteiger partial charge on any atom is -0.496 e. The average molecular weight is 306 g/mol. The maximum absolute atomic E-state index is 12.3. The zero-order chi connectivity index (χ0) is 15.7. The molecule has 0 aliphatic carbocycles. The second kappa shape index (κ2) is 5.96. The zero-order valence-corrected chi connectivity index (χ0v) is 12.2. The van der Waals surface area contributed by atoms with Crippen molar-refractivity contribution in [2.45, 2.75) is 31.7 Å². The summed E-state index contributed by atoms with van der Waals surface area (Å²) >= 11 is 0. The van der Waals surface area contributed by atoms with E-state index in [0.29, 0.717) is 18.6 Å². The zero-order valence-electron chi connectivity index (χ0n) is 12.2. The van der Waals surface area contributed by atoms with Gasteiger partial charge in [-0.15, -0.1) is 0 Å². The van der Waals surface area contributed by atoms with Crippen molar-refractivity contribution in [2.75, 3.05) is 7.11 Å². The molecule has 22 heavy (non-hydrogen) atoms. The largest absolute Gasteiger partial charge is 0.496 e. The number of rotatable bonds is 5. The lowest BCUT2D eigenvalue weighted by Crippen LogP contribution is -2.39. The van der Waals surface area contributed by atoms with Crippen LogP contribution in [0, 0.1) is 11.8 Å². The molecule has 1 N–H and O–H groups in total. The van der Waals surface area contributed by atoms with Crippen LogP contribution in [0.3, 0.4) is 0 Å². The van der Waals surface area contributed by atoms with Crippen molar-refractivity contribution >= 4 is 11.9 Å². The molecule has 1 aromatic rings. The molecule has 0 aromatic heterocycles. The minimum absolute atomic E-state index is 0.0586. The van der Waals surface area contributed by atoms with E-state index < -0.39 is 23.8 Å². The lowest BCUT2D eigenvalue weighted by Gasteiger charge is -2.23. The highest BCUT2D eigenvalue weighted by Crippen LogP contribution is 2.44. The van der Waals surface area contributed by atoms with Gasteiger partial charge in [-0.1, -0.05) is 18.2 Å². The Morgan fingerprint density at radius 2 is 1.91 bits per heavy atom. The third kappa shape index (κ3) is 2.54. The monoisotopic (exact) mass is 306 g/mol. The molecule has 0 amide bonds. The summed E-state index contributed by atoms with van der Waals surface area (Å²) in [6.07, 6.45) is 0.698. The van der Waals surface area contributed by atoms with E-state index in [2.05, 4.69) is 0 Å². The van der Waals surface area contributed by atoms with Crippen LogP contribution >= 0.6 is 0 Å². The predicted octanol–water partition coefficient (Wildman–Crippen LogP) is 1.62. The quantitative estimate of drug-likeness (QED) is 0.832. The van der Waals surface area contributed by atoms with E-state index in [-0.39, 0.29) is 18.8 Å². The van der Waals surface area contributed by atoms with Crippen LogP contribution < -0.4 is 4.74 Å². The second-order valence-electron chi connectivity index (χ2n) is 5.60. The van der Waals surface area contributed by atoms with Gasteiger partial charge < -0.3 is 19.3 Å². The Kier molecular flexibility index (Phi) is 4.02. The fourth-order valence-corrected chi connectivity index (χ4v) is 3.36. The molecule has 2 fully saturated rings. The van der Waals surface area contributed by atoms with Crippen molar-refractivity contribution in [3.63, 3.8) is 0 Å². The van der Waals surface area contributed by atoms with Crippen LogP contribution in [0.5, 0.6) is 5.75 Å². The van der Waals surface area contributed by atoms with E-state index >= 15 is 0 Å². The van der Waals surface area contributed by atoms with E-state index in [9.17, 15) is 14.7 Å². The van der Waals surface area contributed by atoms with Crippen molar-refractivity contribution in [3.8, 4) is 5.75 Å². The van der Waals surface area contributed by atoms with E-state index in [1.165, 1.54) is 0 Å². The highest BCUT2D eigenvalue weighted by Gasteiger charge is 2.56. The maximum atomic E-state index is 12.3. The first-order valence-electron chi connectivity index (χ1n) is 7.28. The second-order valence-corrected chi connectivity index (χ2v) is 5.60. The van der Waals surface area contributed by atoms with Crippen LogP contribution in [0.1, 0.15) is 18.4 Å². The van der Waals surface area contributed by atoms with Gasteiger partial charge in [0.1, 0.15) is 12.4 Å². The van der Waals surface area contributed by atoms with Gasteiger partial charge in [-0.25, -0.2) is 0 Å². The number of para-hydroxylation sites is 1. The Labute approximate surface area is 128 Å². The average Bonchev–Trinajstić information content (AvgIpc) is 3.13. The van der Waals surface area contributed by atoms with Gasteiger partial charge >= 0.3 is 11.9 Å². The smallest absolute Gasteiger partial charge is 0.312 e. The lowest BCUT2D eigenvalue weighted by molar-refractivity contribution is -0.159. The Balaban J connectivity index is 1.68. The molecular weight excluding hydrogens is 288 g/mol. The Bertz CT molecular complexity index is 584. The van der Waals surface area contributed by atoms with Crippen LogP contribution in [-0.4, -0.2) is 36.4 Å². The van der Waals surface area contributed by atoms with Crippen LogP contribution in [0.4, 0.5) is 0 Å². The molecule has 2 heterocycles. The number of fused-ring (bicyclic) bond motifs is 2. The standard InChI is InChI=1S/C16H18O6/c1-20-10-5-3-2-4-9(10)8-21-16(19)14-12-7-6-11(22-12)13(14)15(17)18/h2-5,11-14H,6-8H2,1H3,(H,17,18). The van der Waals surface area contributed by atoms with Crippen molar-refractivity contribution < 1.29 is 28.9 Å². The summed E-state index contributed by atoms with van der Waals surface area (Å²) in [6, 6.07) is 7.24. The maximum Gasteiger partial charge on any atom is 0.312 e. The van der Waals surface area contributed by atoms with Gasteiger partial charge in [0.25, 0.3) is 0 Å². The number of carboxylic acids is 1. The van der Waals surface area contributed by atoms with Crippen molar-refractivity contribution in [3.05, 3.63) is 29.8 Å². The first-order chi connectivity index (χ1) is 10.6. The van der Waals surface area contributed by atoms with E-state index in [4.69, 9.17) is 14.2 Å². The van der Waals surface area contributed by atoms with Crippen LogP contribution in [-0.2, 0) is 25.7 Å². The number of benzene rings is 1. The number of hydrogen-bond donors (Lipinski definition) is 1. The Morgan fingerprint density at radius 1 is 1.23 bits per heavy atom. The van der Waals surface area contributed by atoms with Gasteiger partial charge in [-0.05, 0) is 18.9 Å². The van der Waals surface area contributed by atoms with E-state index in [0.717, 1.165) is 5.56 Å². The summed E-state index contributed by atoms with van der Waals surface area (Å²) in [5.74, 6) is -2.39. The molecule has 2 bridgehead atoms. The number of methoxy groups -OCH3 is 1. The summed E-state index contributed by atoms with van der Waals surface area (Å²) in [5, 5.41) is 9.31. The molecule has 118 valence electrons. The molecule has 2 aliphatic rings. The number of carboxylic acid groups (broad SMARTS) is 1.